The van der Waals surface area contributed by atoms with E-state index in [1.165, 1.54) is 0 Å². The van der Waals surface area contributed by atoms with Gasteiger partial charge >= 0.3 is 0 Å². The lowest BCUT2D eigenvalue weighted by Crippen LogP contribution is -2.19. The van der Waals surface area contributed by atoms with Gasteiger partial charge < -0.3 is 4.79 Å². The van der Waals surface area contributed by atoms with Gasteiger partial charge in [0.2, 0.25) is 0 Å². The van der Waals surface area contributed by atoms with Gasteiger partial charge in [0.25, 0.3) is 0 Å². The van der Waals surface area contributed by atoms with E-state index in [0.29, 0.717) is 30.5 Å². The third-order valence-corrected chi connectivity index (χ3v) is 3.42. The summed E-state index contributed by atoms with van der Waals surface area (Å²) in [6, 6.07) is 0. The van der Waals surface area contributed by atoms with Crippen LogP contribution in [0, 0.1) is 17.8 Å². The van der Waals surface area contributed by atoms with Crippen molar-refractivity contribution in [2.45, 2.75) is 32.6 Å². The molecule has 3 atom stereocenters. The molecule has 0 aromatic carbocycles. The molecule has 2 bridgehead atoms. The second-order valence-corrected chi connectivity index (χ2v) is 4.56. The van der Waals surface area contributed by atoms with Crippen LogP contribution in [0.1, 0.15) is 32.6 Å². The van der Waals surface area contributed by atoms with Crippen LogP contribution < -0.4 is 0 Å². The molecule has 2 rings (SSSR count). The van der Waals surface area contributed by atoms with Crippen molar-refractivity contribution >= 4 is 11.6 Å². The molecule has 1 saturated carbocycles. The summed E-state index contributed by atoms with van der Waals surface area (Å²) in [5, 5.41) is 0. The Morgan fingerprint density at radius 3 is 2.50 bits per heavy atom. The summed E-state index contributed by atoms with van der Waals surface area (Å²) in [6.07, 6.45) is 7.49. The van der Waals surface area contributed by atoms with Crippen molar-refractivity contribution in [3.63, 3.8) is 0 Å². The Labute approximate surface area is 84.4 Å². The van der Waals surface area contributed by atoms with Crippen molar-refractivity contribution in [1.82, 2.24) is 0 Å². The van der Waals surface area contributed by atoms with Gasteiger partial charge in [0, 0.05) is 18.8 Å². The normalized spacial score (nSPS) is 33.6. The van der Waals surface area contributed by atoms with E-state index in [4.69, 9.17) is 0 Å². The fourth-order valence-corrected chi connectivity index (χ4v) is 2.64. The zero-order chi connectivity index (χ0) is 10.1. The first-order valence-corrected chi connectivity index (χ1v) is 5.37. The Hall–Kier alpha value is -0.920. The van der Waals surface area contributed by atoms with E-state index in [1.807, 2.05) is 0 Å². The predicted molar refractivity (Wildman–Crippen MR) is 53.8 cm³/mol. The first kappa shape index (κ1) is 9.63. The minimum absolute atomic E-state index is 0.122. The van der Waals surface area contributed by atoms with E-state index in [-0.39, 0.29) is 11.7 Å². The van der Waals surface area contributed by atoms with Crippen molar-refractivity contribution < 1.29 is 9.59 Å². The Balaban J connectivity index is 1.87. The smallest absolute Gasteiger partial charge is 0.137 e. The lowest BCUT2D eigenvalue weighted by molar-refractivity contribution is -0.126. The van der Waals surface area contributed by atoms with Gasteiger partial charge in [-0.3, -0.25) is 4.79 Å². The van der Waals surface area contributed by atoms with Gasteiger partial charge in [-0.15, -0.1) is 0 Å². The van der Waals surface area contributed by atoms with Gasteiger partial charge in [0.1, 0.15) is 11.6 Å². The molecule has 0 amide bonds. The first-order valence-electron chi connectivity index (χ1n) is 5.37. The van der Waals surface area contributed by atoms with Crippen LogP contribution in [0.2, 0.25) is 0 Å². The van der Waals surface area contributed by atoms with Crippen LogP contribution >= 0.6 is 0 Å². The number of ketones is 2. The highest BCUT2D eigenvalue weighted by Crippen LogP contribution is 2.44. The third kappa shape index (κ3) is 1.79. The maximum atomic E-state index is 11.8. The average molecular weight is 192 g/mol. The Bertz CT molecular complexity index is 291. The number of hydrogen-bond acceptors (Lipinski definition) is 2. The molecule has 0 heterocycles. The molecule has 0 saturated heterocycles. The highest BCUT2D eigenvalue weighted by Gasteiger charge is 2.39. The predicted octanol–water partition coefficient (Wildman–Crippen LogP) is 2.14. The first-order chi connectivity index (χ1) is 6.66. The van der Waals surface area contributed by atoms with Gasteiger partial charge in [-0.1, -0.05) is 12.2 Å². The zero-order valence-electron chi connectivity index (χ0n) is 8.53. The maximum Gasteiger partial charge on any atom is 0.137 e. The van der Waals surface area contributed by atoms with Crippen LogP contribution in [0.5, 0.6) is 0 Å². The molecule has 0 aromatic rings. The Kier molecular flexibility index (Phi) is 2.53. The summed E-state index contributed by atoms with van der Waals surface area (Å²) < 4.78 is 0. The van der Waals surface area contributed by atoms with Crippen LogP contribution in [-0.2, 0) is 9.59 Å². The molecule has 14 heavy (non-hydrogen) atoms. The molecule has 3 unspecified atom stereocenters. The molecule has 0 spiro atoms. The lowest BCUT2D eigenvalue weighted by atomic mass is 9.87. The summed E-state index contributed by atoms with van der Waals surface area (Å²) in [5.74, 6) is 1.78. The van der Waals surface area contributed by atoms with E-state index in [0.717, 1.165) is 12.8 Å². The SMILES string of the molecule is CC(=O)CCC(=O)C1CC2C=CC1C2. The van der Waals surface area contributed by atoms with E-state index in [2.05, 4.69) is 12.2 Å². The van der Waals surface area contributed by atoms with E-state index >= 15 is 0 Å². The van der Waals surface area contributed by atoms with E-state index in [1.54, 1.807) is 6.92 Å². The number of hydrogen-bond donors (Lipinski definition) is 0. The van der Waals surface area contributed by atoms with Crippen molar-refractivity contribution in [3.05, 3.63) is 12.2 Å². The second-order valence-electron chi connectivity index (χ2n) is 4.56. The highest BCUT2D eigenvalue weighted by molar-refractivity contribution is 5.87. The highest BCUT2D eigenvalue weighted by atomic mass is 16.1. The van der Waals surface area contributed by atoms with E-state index in [9.17, 15) is 9.59 Å². The number of carbonyl (C=O) groups excluding carboxylic acids is 2. The number of carbonyl (C=O) groups is 2. The van der Waals surface area contributed by atoms with Crippen LogP contribution in [-0.4, -0.2) is 11.6 Å². The van der Waals surface area contributed by atoms with Crippen LogP contribution in [0.15, 0.2) is 12.2 Å². The molecule has 0 radical (unpaired) electrons. The maximum absolute atomic E-state index is 11.8. The fourth-order valence-electron chi connectivity index (χ4n) is 2.64. The number of fused-ring (bicyclic) bond motifs is 2. The van der Waals surface area contributed by atoms with Crippen molar-refractivity contribution in [1.29, 1.82) is 0 Å². The third-order valence-electron chi connectivity index (χ3n) is 3.42. The molecule has 1 fully saturated rings. The number of rotatable bonds is 4. The molecule has 2 heteroatoms. The molecule has 0 aliphatic heterocycles. The number of Topliss-reactive ketones (excluding diaryl/α,β-unsaturated/α-hetero) is 2. The molecule has 0 aromatic heterocycles. The van der Waals surface area contributed by atoms with Gasteiger partial charge in [-0.25, -0.2) is 0 Å². The molecule has 0 N–H and O–H groups in total. The average Bonchev–Trinajstić information content (AvgIpc) is 2.74. The molecular formula is C12H16O2. The van der Waals surface area contributed by atoms with Gasteiger partial charge in [0.05, 0.1) is 0 Å². The summed E-state index contributed by atoms with van der Waals surface area (Å²) in [4.78, 5) is 22.5. The molecule has 2 aliphatic rings. The molecule has 2 nitrogen and oxygen atoms in total. The molecule has 76 valence electrons. The summed E-state index contributed by atoms with van der Waals surface area (Å²) in [5.41, 5.74) is 0. The lowest BCUT2D eigenvalue weighted by Gasteiger charge is -2.15. The standard InChI is InChI=1S/C12H16O2/c1-8(13)2-5-12(14)11-7-9-3-4-10(11)6-9/h3-4,9-11H,2,5-7H2,1H3. The topological polar surface area (TPSA) is 34.1 Å². The van der Waals surface area contributed by atoms with Crippen LogP contribution in [0.3, 0.4) is 0 Å². The minimum Gasteiger partial charge on any atom is -0.300 e. The quantitative estimate of drug-likeness (QED) is 0.639. The summed E-state index contributed by atoms with van der Waals surface area (Å²) in [7, 11) is 0. The van der Waals surface area contributed by atoms with Crippen LogP contribution in [0.25, 0.3) is 0 Å². The van der Waals surface area contributed by atoms with E-state index < -0.39 is 0 Å². The Morgan fingerprint density at radius 2 is 2.00 bits per heavy atom. The molecule has 2 aliphatic carbocycles. The number of allylic oxidation sites excluding steroid dienone is 2. The van der Waals surface area contributed by atoms with Crippen molar-refractivity contribution in [3.8, 4) is 0 Å². The summed E-state index contributed by atoms with van der Waals surface area (Å²) >= 11 is 0. The van der Waals surface area contributed by atoms with Crippen molar-refractivity contribution in [2.75, 3.05) is 0 Å². The monoisotopic (exact) mass is 192 g/mol. The van der Waals surface area contributed by atoms with Crippen LogP contribution in [0.4, 0.5) is 0 Å². The second kappa shape index (κ2) is 3.68. The van der Waals surface area contributed by atoms with Gasteiger partial charge in [-0.05, 0) is 31.6 Å². The largest absolute Gasteiger partial charge is 0.300 e. The van der Waals surface area contributed by atoms with Gasteiger partial charge in [0.15, 0.2) is 0 Å². The van der Waals surface area contributed by atoms with Crippen molar-refractivity contribution in [2.24, 2.45) is 17.8 Å². The zero-order valence-corrected chi connectivity index (χ0v) is 8.53. The summed E-state index contributed by atoms with van der Waals surface area (Å²) in [6.45, 7) is 1.55. The Morgan fingerprint density at radius 1 is 1.21 bits per heavy atom. The minimum atomic E-state index is 0.122. The fraction of sp³-hybridized carbons (Fsp3) is 0.667. The molecular weight excluding hydrogens is 176 g/mol. The van der Waals surface area contributed by atoms with Gasteiger partial charge in [-0.2, -0.15) is 0 Å².